The highest BCUT2D eigenvalue weighted by atomic mass is 16.4. The first kappa shape index (κ1) is 13.6. The number of hydrogen-bond donors (Lipinski definition) is 1. The van der Waals surface area contributed by atoms with E-state index in [1.165, 1.54) is 6.42 Å². The van der Waals surface area contributed by atoms with Crippen LogP contribution in [0.25, 0.3) is 0 Å². The number of likely N-dealkylation sites (tertiary alicyclic amines) is 1. The Bertz CT molecular complexity index is 381. The second-order valence-corrected chi connectivity index (χ2v) is 6.39. The minimum atomic E-state index is 0.215. The predicted octanol–water partition coefficient (Wildman–Crippen LogP) is 2.19. The highest BCUT2D eigenvalue weighted by Crippen LogP contribution is 2.18. The molecule has 1 fully saturated rings. The SMILES string of the molecule is Cc1cnc(CN2CCC(CNC(C)(C)C)C2)o1. The molecule has 4 heteroatoms. The number of aryl methyl sites for hydroxylation is 1. The van der Waals surface area contributed by atoms with Crippen molar-refractivity contribution >= 4 is 0 Å². The Morgan fingerprint density at radius 1 is 1.50 bits per heavy atom. The molecule has 0 radical (unpaired) electrons. The van der Waals surface area contributed by atoms with Crippen molar-refractivity contribution in [1.29, 1.82) is 0 Å². The zero-order chi connectivity index (χ0) is 13.2. The van der Waals surface area contributed by atoms with Crippen LogP contribution in [-0.2, 0) is 6.54 Å². The minimum Gasteiger partial charge on any atom is -0.445 e. The van der Waals surface area contributed by atoms with Crippen molar-refractivity contribution in [2.24, 2.45) is 5.92 Å². The Balaban J connectivity index is 1.75. The third-order valence-electron chi connectivity index (χ3n) is 3.32. The van der Waals surface area contributed by atoms with Gasteiger partial charge in [0, 0.05) is 12.1 Å². The summed E-state index contributed by atoms with van der Waals surface area (Å²) < 4.78 is 5.53. The molecule has 1 unspecified atom stereocenters. The summed E-state index contributed by atoms with van der Waals surface area (Å²) >= 11 is 0. The molecule has 1 aliphatic rings. The summed E-state index contributed by atoms with van der Waals surface area (Å²) in [6.45, 7) is 12.8. The number of oxazole rings is 1. The van der Waals surface area contributed by atoms with E-state index in [1.807, 2.05) is 6.92 Å². The van der Waals surface area contributed by atoms with E-state index in [-0.39, 0.29) is 5.54 Å². The van der Waals surface area contributed by atoms with Crippen LogP contribution in [0.1, 0.15) is 38.8 Å². The molecule has 1 saturated heterocycles. The van der Waals surface area contributed by atoms with Gasteiger partial charge in [-0.2, -0.15) is 0 Å². The monoisotopic (exact) mass is 251 g/mol. The van der Waals surface area contributed by atoms with Gasteiger partial charge in [0.1, 0.15) is 5.76 Å². The lowest BCUT2D eigenvalue weighted by Gasteiger charge is -2.23. The van der Waals surface area contributed by atoms with Crippen molar-refractivity contribution in [2.75, 3.05) is 19.6 Å². The van der Waals surface area contributed by atoms with E-state index in [1.54, 1.807) is 6.20 Å². The molecule has 0 spiro atoms. The van der Waals surface area contributed by atoms with Gasteiger partial charge in [-0.3, -0.25) is 4.90 Å². The Kier molecular flexibility index (Phi) is 4.07. The lowest BCUT2D eigenvalue weighted by molar-refractivity contribution is 0.272. The molecule has 2 heterocycles. The van der Waals surface area contributed by atoms with Crippen LogP contribution >= 0.6 is 0 Å². The summed E-state index contributed by atoms with van der Waals surface area (Å²) in [7, 11) is 0. The molecule has 4 nitrogen and oxygen atoms in total. The number of nitrogens with zero attached hydrogens (tertiary/aromatic N) is 2. The number of hydrogen-bond acceptors (Lipinski definition) is 4. The highest BCUT2D eigenvalue weighted by molar-refractivity contribution is 4.92. The zero-order valence-electron chi connectivity index (χ0n) is 12.0. The summed E-state index contributed by atoms with van der Waals surface area (Å²) in [6.07, 6.45) is 3.06. The van der Waals surface area contributed by atoms with Crippen molar-refractivity contribution in [1.82, 2.24) is 15.2 Å². The molecule has 1 N–H and O–H groups in total. The Morgan fingerprint density at radius 3 is 2.89 bits per heavy atom. The summed E-state index contributed by atoms with van der Waals surface area (Å²) in [5.41, 5.74) is 0.215. The van der Waals surface area contributed by atoms with E-state index in [4.69, 9.17) is 4.42 Å². The quantitative estimate of drug-likeness (QED) is 0.890. The van der Waals surface area contributed by atoms with Crippen molar-refractivity contribution < 1.29 is 4.42 Å². The fourth-order valence-corrected chi connectivity index (χ4v) is 2.34. The molecule has 2 rings (SSSR count). The normalized spacial score (nSPS) is 21.7. The van der Waals surface area contributed by atoms with Crippen LogP contribution in [0, 0.1) is 12.8 Å². The van der Waals surface area contributed by atoms with Crippen molar-refractivity contribution in [3.8, 4) is 0 Å². The predicted molar refractivity (Wildman–Crippen MR) is 72.4 cm³/mol. The summed E-state index contributed by atoms with van der Waals surface area (Å²) in [5.74, 6) is 2.49. The van der Waals surface area contributed by atoms with E-state index in [9.17, 15) is 0 Å². The molecule has 18 heavy (non-hydrogen) atoms. The van der Waals surface area contributed by atoms with E-state index < -0.39 is 0 Å². The van der Waals surface area contributed by atoms with Gasteiger partial charge in [0.15, 0.2) is 0 Å². The maximum Gasteiger partial charge on any atom is 0.208 e. The van der Waals surface area contributed by atoms with Crippen LogP contribution < -0.4 is 5.32 Å². The van der Waals surface area contributed by atoms with Crippen LogP contribution in [0.2, 0.25) is 0 Å². The van der Waals surface area contributed by atoms with Crippen LogP contribution in [0.3, 0.4) is 0 Å². The third-order valence-corrected chi connectivity index (χ3v) is 3.32. The first-order valence-corrected chi connectivity index (χ1v) is 6.81. The van der Waals surface area contributed by atoms with Gasteiger partial charge in [-0.1, -0.05) is 0 Å². The molecule has 102 valence electrons. The van der Waals surface area contributed by atoms with Gasteiger partial charge < -0.3 is 9.73 Å². The minimum absolute atomic E-state index is 0.215. The standard InChI is InChI=1S/C14H25N3O/c1-11-7-15-13(18-11)10-17-6-5-12(9-17)8-16-14(2,3)4/h7,12,16H,5-6,8-10H2,1-4H3. The second kappa shape index (κ2) is 5.41. The van der Waals surface area contributed by atoms with E-state index in [0.29, 0.717) is 0 Å². The number of nitrogens with one attached hydrogen (secondary N) is 1. The fourth-order valence-electron chi connectivity index (χ4n) is 2.34. The molecule has 1 atom stereocenters. The number of rotatable bonds is 4. The van der Waals surface area contributed by atoms with Gasteiger partial charge >= 0.3 is 0 Å². The Labute approximate surface area is 110 Å². The van der Waals surface area contributed by atoms with E-state index >= 15 is 0 Å². The molecular weight excluding hydrogens is 226 g/mol. The van der Waals surface area contributed by atoms with Crippen LogP contribution in [-0.4, -0.2) is 35.1 Å². The van der Waals surface area contributed by atoms with Gasteiger partial charge in [-0.25, -0.2) is 4.98 Å². The lowest BCUT2D eigenvalue weighted by Crippen LogP contribution is -2.39. The van der Waals surface area contributed by atoms with Gasteiger partial charge in [0.05, 0.1) is 12.7 Å². The number of aromatic nitrogens is 1. The van der Waals surface area contributed by atoms with Gasteiger partial charge in [0.2, 0.25) is 5.89 Å². The molecule has 1 aromatic rings. The molecule has 0 aromatic carbocycles. The second-order valence-electron chi connectivity index (χ2n) is 6.39. The molecule has 0 bridgehead atoms. The summed E-state index contributed by atoms with van der Waals surface area (Å²) in [5, 5.41) is 3.59. The molecule has 1 aromatic heterocycles. The average molecular weight is 251 g/mol. The maximum absolute atomic E-state index is 5.53. The van der Waals surface area contributed by atoms with Gasteiger partial charge in [-0.15, -0.1) is 0 Å². The van der Waals surface area contributed by atoms with Crippen molar-refractivity contribution in [2.45, 2.75) is 46.2 Å². The van der Waals surface area contributed by atoms with Gasteiger partial charge in [0.25, 0.3) is 0 Å². The Morgan fingerprint density at radius 2 is 2.28 bits per heavy atom. The third kappa shape index (κ3) is 4.10. The van der Waals surface area contributed by atoms with Gasteiger partial charge in [-0.05, 0) is 53.1 Å². The molecule has 1 aliphatic heterocycles. The van der Waals surface area contributed by atoms with E-state index in [0.717, 1.165) is 43.7 Å². The fraction of sp³-hybridized carbons (Fsp3) is 0.786. The zero-order valence-corrected chi connectivity index (χ0v) is 12.0. The lowest BCUT2D eigenvalue weighted by atomic mass is 10.1. The summed E-state index contributed by atoms with van der Waals surface area (Å²) in [4.78, 5) is 6.70. The Hall–Kier alpha value is -0.870. The first-order valence-electron chi connectivity index (χ1n) is 6.81. The molecule has 0 amide bonds. The molecule has 0 aliphatic carbocycles. The largest absolute Gasteiger partial charge is 0.445 e. The first-order chi connectivity index (χ1) is 8.42. The average Bonchev–Trinajstić information content (AvgIpc) is 2.85. The van der Waals surface area contributed by atoms with Crippen LogP contribution in [0.5, 0.6) is 0 Å². The maximum atomic E-state index is 5.53. The smallest absolute Gasteiger partial charge is 0.208 e. The molecule has 0 saturated carbocycles. The molecular formula is C14H25N3O. The van der Waals surface area contributed by atoms with Crippen LogP contribution in [0.15, 0.2) is 10.6 Å². The summed E-state index contributed by atoms with van der Waals surface area (Å²) in [6, 6.07) is 0. The topological polar surface area (TPSA) is 41.3 Å². The van der Waals surface area contributed by atoms with E-state index in [2.05, 4.69) is 36.0 Å². The highest BCUT2D eigenvalue weighted by Gasteiger charge is 2.24. The van der Waals surface area contributed by atoms with Crippen molar-refractivity contribution in [3.63, 3.8) is 0 Å². The van der Waals surface area contributed by atoms with Crippen LogP contribution in [0.4, 0.5) is 0 Å². The van der Waals surface area contributed by atoms with Crippen molar-refractivity contribution in [3.05, 3.63) is 17.8 Å².